The van der Waals surface area contributed by atoms with Crippen LogP contribution in [0.4, 0.5) is 5.82 Å². The van der Waals surface area contributed by atoms with Crippen LogP contribution in [0.1, 0.15) is 12.6 Å². The Hall–Kier alpha value is -1.75. The van der Waals surface area contributed by atoms with Gasteiger partial charge in [-0.2, -0.15) is 0 Å². The fourth-order valence-electron chi connectivity index (χ4n) is 1.63. The van der Waals surface area contributed by atoms with Crippen LogP contribution in [0.5, 0.6) is 5.75 Å². The minimum Gasteiger partial charge on any atom is -0.495 e. The van der Waals surface area contributed by atoms with Crippen LogP contribution >= 0.6 is 11.6 Å². The molecule has 0 aliphatic carbocycles. The number of benzene rings is 1. The normalized spacial score (nSPS) is 10.5. The topological polar surface area (TPSA) is 66.0 Å². The van der Waals surface area contributed by atoms with E-state index in [4.69, 9.17) is 22.1 Å². The minimum atomic E-state index is 0.446. The molecule has 17 heavy (non-hydrogen) atoms. The average molecular weight is 253 g/mol. The number of nitrogen functional groups attached to an aromatic ring is 1. The molecule has 6 heteroatoms. The van der Waals surface area contributed by atoms with E-state index in [1.54, 1.807) is 23.9 Å². The molecule has 1 aromatic carbocycles. The summed E-state index contributed by atoms with van der Waals surface area (Å²) in [6.45, 7) is 2.00. The molecule has 0 saturated heterocycles. The van der Waals surface area contributed by atoms with E-state index >= 15 is 0 Å². The summed E-state index contributed by atoms with van der Waals surface area (Å²) in [5.41, 5.74) is 7.43. The lowest BCUT2D eigenvalue weighted by atomic mass is 10.2. The highest BCUT2D eigenvalue weighted by atomic mass is 35.5. The zero-order valence-electron chi connectivity index (χ0n) is 9.64. The maximum atomic E-state index is 5.97. The van der Waals surface area contributed by atoms with Crippen molar-refractivity contribution in [3.05, 3.63) is 28.9 Å². The van der Waals surface area contributed by atoms with Crippen molar-refractivity contribution in [3.63, 3.8) is 0 Å². The zero-order valence-corrected chi connectivity index (χ0v) is 10.4. The van der Waals surface area contributed by atoms with Crippen LogP contribution in [0, 0.1) is 0 Å². The highest BCUT2D eigenvalue weighted by Crippen LogP contribution is 2.27. The summed E-state index contributed by atoms with van der Waals surface area (Å²) >= 11 is 5.97. The molecule has 1 heterocycles. The van der Waals surface area contributed by atoms with Crippen LogP contribution in [0.25, 0.3) is 5.69 Å². The maximum Gasteiger partial charge on any atom is 0.169 e. The summed E-state index contributed by atoms with van der Waals surface area (Å²) in [5, 5.41) is 8.42. The van der Waals surface area contributed by atoms with Gasteiger partial charge in [0.1, 0.15) is 5.75 Å². The number of nitrogens with two attached hydrogens (primary N) is 1. The molecule has 5 nitrogen and oxygen atoms in total. The summed E-state index contributed by atoms with van der Waals surface area (Å²) in [6, 6.07) is 5.40. The van der Waals surface area contributed by atoms with Crippen molar-refractivity contribution in [2.45, 2.75) is 13.3 Å². The van der Waals surface area contributed by atoms with Gasteiger partial charge in [-0.3, -0.25) is 0 Å². The van der Waals surface area contributed by atoms with Gasteiger partial charge >= 0.3 is 0 Å². The van der Waals surface area contributed by atoms with Crippen LogP contribution < -0.4 is 10.5 Å². The molecule has 0 saturated carbocycles. The smallest absolute Gasteiger partial charge is 0.169 e. The second kappa shape index (κ2) is 4.63. The molecular weight excluding hydrogens is 240 g/mol. The Morgan fingerprint density at radius 1 is 1.47 bits per heavy atom. The first-order valence-electron chi connectivity index (χ1n) is 5.21. The molecule has 2 rings (SSSR count). The Labute approximate surface area is 104 Å². The largest absolute Gasteiger partial charge is 0.495 e. The molecule has 0 aliphatic heterocycles. The standard InChI is InChI=1S/C11H13ClN4O/c1-3-9-11(13)14-15-16(9)7-4-5-8(12)10(6-7)17-2/h4-6H,3,13H2,1-2H3. The van der Waals surface area contributed by atoms with Crippen molar-refractivity contribution in [2.75, 3.05) is 12.8 Å². The van der Waals surface area contributed by atoms with Gasteiger partial charge in [-0.25, -0.2) is 4.68 Å². The molecule has 2 N–H and O–H groups in total. The van der Waals surface area contributed by atoms with Crippen molar-refractivity contribution < 1.29 is 4.74 Å². The third-order valence-electron chi connectivity index (χ3n) is 2.51. The van der Waals surface area contributed by atoms with Crippen molar-refractivity contribution in [3.8, 4) is 11.4 Å². The van der Waals surface area contributed by atoms with Gasteiger partial charge in [0.25, 0.3) is 0 Å². The molecule has 0 spiro atoms. The van der Waals surface area contributed by atoms with Gasteiger partial charge in [0.2, 0.25) is 0 Å². The van der Waals surface area contributed by atoms with Crippen LogP contribution in [0.15, 0.2) is 18.2 Å². The molecule has 0 fully saturated rings. The number of aromatic nitrogens is 3. The van der Waals surface area contributed by atoms with E-state index in [0.717, 1.165) is 17.8 Å². The molecule has 2 aromatic rings. The number of nitrogens with zero attached hydrogens (tertiary/aromatic N) is 3. The summed E-state index contributed by atoms with van der Waals surface area (Å²) in [6.07, 6.45) is 0.754. The highest BCUT2D eigenvalue weighted by Gasteiger charge is 2.11. The second-order valence-electron chi connectivity index (χ2n) is 3.51. The van der Waals surface area contributed by atoms with Crippen molar-refractivity contribution in [1.82, 2.24) is 15.0 Å². The summed E-state index contributed by atoms with van der Waals surface area (Å²) in [7, 11) is 1.57. The van der Waals surface area contributed by atoms with Gasteiger partial charge < -0.3 is 10.5 Å². The van der Waals surface area contributed by atoms with E-state index in [-0.39, 0.29) is 0 Å². The molecule has 0 unspecified atom stereocenters. The third kappa shape index (κ3) is 2.06. The Balaban J connectivity index is 2.52. The molecule has 1 aromatic heterocycles. The predicted molar refractivity (Wildman–Crippen MR) is 66.7 cm³/mol. The quantitative estimate of drug-likeness (QED) is 0.908. The summed E-state index contributed by atoms with van der Waals surface area (Å²) < 4.78 is 6.85. The number of ether oxygens (including phenoxy) is 1. The molecular formula is C11H13ClN4O. The van der Waals surface area contributed by atoms with Gasteiger partial charge in [-0.1, -0.05) is 23.7 Å². The zero-order chi connectivity index (χ0) is 12.4. The molecule has 0 bridgehead atoms. The van der Waals surface area contributed by atoms with Crippen molar-refractivity contribution >= 4 is 17.4 Å². The Morgan fingerprint density at radius 3 is 2.88 bits per heavy atom. The van der Waals surface area contributed by atoms with Crippen LogP contribution in [-0.4, -0.2) is 22.1 Å². The lowest BCUT2D eigenvalue weighted by Gasteiger charge is -2.08. The first-order valence-corrected chi connectivity index (χ1v) is 5.59. The predicted octanol–water partition coefficient (Wildman–Crippen LogP) is 2.07. The number of hydrogen-bond acceptors (Lipinski definition) is 4. The van der Waals surface area contributed by atoms with Gasteiger partial charge in [0, 0.05) is 6.07 Å². The fourth-order valence-corrected chi connectivity index (χ4v) is 1.83. The van der Waals surface area contributed by atoms with Gasteiger partial charge in [0.15, 0.2) is 5.82 Å². The van der Waals surface area contributed by atoms with Crippen molar-refractivity contribution in [2.24, 2.45) is 0 Å². The van der Waals surface area contributed by atoms with Gasteiger partial charge in [0.05, 0.1) is 23.5 Å². The molecule has 90 valence electrons. The number of halogens is 1. The van der Waals surface area contributed by atoms with Crippen LogP contribution in [0.2, 0.25) is 5.02 Å². The van der Waals surface area contributed by atoms with Crippen LogP contribution in [0.3, 0.4) is 0 Å². The first kappa shape index (κ1) is 11.7. The van der Waals surface area contributed by atoms with E-state index in [9.17, 15) is 0 Å². The lowest BCUT2D eigenvalue weighted by molar-refractivity contribution is 0.414. The van der Waals surface area contributed by atoms with E-state index in [2.05, 4.69) is 10.3 Å². The van der Waals surface area contributed by atoms with Gasteiger partial charge in [-0.15, -0.1) is 5.10 Å². The molecule has 0 aliphatic rings. The number of anilines is 1. The SMILES string of the molecule is CCc1c(N)nnn1-c1ccc(Cl)c(OC)c1. The Kier molecular flexibility index (Phi) is 3.19. The summed E-state index contributed by atoms with van der Waals surface area (Å²) in [4.78, 5) is 0. The first-order chi connectivity index (χ1) is 8.17. The number of hydrogen-bond donors (Lipinski definition) is 1. The summed E-state index contributed by atoms with van der Waals surface area (Å²) in [5.74, 6) is 1.04. The third-order valence-corrected chi connectivity index (χ3v) is 2.82. The lowest BCUT2D eigenvalue weighted by Crippen LogP contribution is -2.03. The van der Waals surface area contributed by atoms with E-state index in [1.807, 2.05) is 13.0 Å². The Morgan fingerprint density at radius 2 is 2.24 bits per heavy atom. The van der Waals surface area contributed by atoms with Crippen molar-refractivity contribution in [1.29, 1.82) is 0 Å². The fraction of sp³-hybridized carbons (Fsp3) is 0.273. The second-order valence-corrected chi connectivity index (χ2v) is 3.91. The maximum absolute atomic E-state index is 5.97. The van der Waals surface area contributed by atoms with Gasteiger partial charge in [-0.05, 0) is 18.6 Å². The van der Waals surface area contributed by atoms with E-state index in [1.165, 1.54) is 0 Å². The average Bonchev–Trinajstić information content (AvgIpc) is 2.71. The molecule has 0 atom stereocenters. The van der Waals surface area contributed by atoms with E-state index < -0.39 is 0 Å². The number of rotatable bonds is 3. The van der Waals surface area contributed by atoms with E-state index in [0.29, 0.717) is 16.6 Å². The highest BCUT2D eigenvalue weighted by molar-refractivity contribution is 6.32. The number of methoxy groups -OCH3 is 1. The monoisotopic (exact) mass is 252 g/mol. The van der Waals surface area contributed by atoms with Crippen LogP contribution in [-0.2, 0) is 6.42 Å². The Bertz CT molecular complexity index is 538. The molecule has 0 radical (unpaired) electrons. The molecule has 0 amide bonds. The minimum absolute atomic E-state index is 0.446.